The molecule has 118 valence electrons. The normalized spacial score (nSPS) is 22.2. The molecule has 0 aromatic rings. The predicted molar refractivity (Wildman–Crippen MR) is 72.0 cm³/mol. The van der Waals surface area contributed by atoms with Crippen LogP contribution in [-0.2, 0) is 28.7 Å². The monoisotopic (exact) mass is 308 g/mol. The van der Waals surface area contributed by atoms with E-state index in [-0.39, 0.29) is 19.3 Å². The van der Waals surface area contributed by atoms with Crippen molar-refractivity contribution in [1.29, 1.82) is 0 Å². The third-order valence-electron chi connectivity index (χ3n) is 3.56. The molecule has 4 amide bonds. The molecule has 0 saturated carbocycles. The van der Waals surface area contributed by atoms with Gasteiger partial charge in [0, 0.05) is 24.6 Å². The molecule has 2 heterocycles. The number of amides is 4. The van der Waals surface area contributed by atoms with Crippen LogP contribution in [0.2, 0.25) is 0 Å². The van der Waals surface area contributed by atoms with Crippen LogP contribution in [0.3, 0.4) is 0 Å². The van der Waals surface area contributed by atoms with Crippen molar-refractivity contribution in [3.05, 3.63) is 12.2 Å². The first kappa shape index (κ1) is 15.9. The summed E-state index contributed by atoms with van der Waals surface area (Å²) in [4.78, 5) is 58.3. The van der Waals surface area contributed by atoms with E-state index in [1.165, 1.54) is 12.2 Å². The van der Waals surface area contributed by atoms with E-state index >= 15 is 0 Å². The van der Waals surface area contributed by atoms with Crippen LogP contribution in [0.4, 0.5) is 0 Å². The predicted octanol–water partition coefficient (Wildman–Crippen LogP) is -0.571. The summed E-state index contributed by atoms with van der Waals surface area (Å²) in [5.74, 6) is -2.54. The van der Waals surface area contributed by atoms with E-state index in [0.717, 1.165) is 4.90 Å². The lowest BCUT2D eigenvalue weighted by Gasteiger charge is -2.24. The first-order valence-corrected chi connectivity index (χ1v) is 7.00. The Morgan fingerprint density at radius 1 is 1.32 bits per heavy atom. The lowest BCUT2D eigenvalue weighted by molar-refractivity contribution is -0.154. The van der Waals surface area contributed by atoms with E-state index in [4.69, 9.17) is 4.74 Å². The summed E-state index contributed by atoms with van der Waals surface area (Å²) in [6, 6.07) is -0.401. The molecular formula is C14H16N2O6. The summed E-state index contributed by atoms with van der Waals surface area (Å²) >= 11 is 0. The largest absolute Gasteiger partial charge is 0.452 e. The summed E-state index contributed by atoms with van der Waals surface area (Å²) in [5.41, 5.74) is 0. The Balaban J connectivity index is 1.84. The highest BCUT2D eigenvalue weighted by atomic mass is 16.5. The molecule has 2 unspecified atom stereocenters. The Kier molecular flexibility index (Phi) is 4.69. The van der Waals surface area contributed by atoms with Crippen molar-refractivity contribution in [3.63, 3.8) is 0 Å². The summed E-state index contributed by atoms with van der Waals surface area (Å²) in [6.07, 6.45) is 1.83. The van der Waals surface area contributed by atoms with Crippen LogP contribution in [0, 0.1) is 0 Å². The van der Waals surface area contributed by atoms with Gasteiger partial charge in [0.15, 0.2) is 6.10 Å². The zero-order chi connectivity index (χ0) is 16.3. The van der Waals surface area contributed by atoms with Gasteiger partial charge in [-0.3, -0.25) is 34.2 Å². The number of rotatable bonds is 6. The molecule has 0 spiro atoms. The fourth-order valence-corrected chi connectivity index (χ4v) is 2.41. The molecule has 2 aliphatic rings. The number of esters is 1. The maximum absolute atomic E-state index is 11.7. The third-order valence-corrected chi connectivity index (χ3v) is 3.56. The second kappa shape index (κ2) is 6.50. The van der Waals surface area contributed by atoms with E-state index in [2.05, 4.69) is 0 Å². The smallest absolute Gasteiger partial charge is 0.306 e. The zero-order valence-electron chi connectivity index (χ0n) is 12.0. The van der Waals surface area contributed by atoms with E-state index in [1.807, 2.05) is 5.32 Å². The maximum atomic E-state index is 11.7. The highest BCUT2D eigenvalue weighted by Crippen LogP contribution is 2.17. The minimum absolute atomic E-state index is 0.0481. The average molecular weight is 308 g/mol. The van der Waals surface area contributed by atoms with Crippen LogP contribution < -0.4 is 5.32 Å². The van der Waals surface area contributed by atoms with Gasteiger partial charge in [-0.1, -0.05) is 6.92 Å². The van der Waals surface area contributed by atoms with Gasteiger partial charge >= 0.3 is 5.97 Å². The van der Waals surface area contributed by atoms with E-state index in [9.17, 15) is 24.0 Å². The molecule has 0 aliphatic carbocycles. The molecule has 2 atom stereocenters. The molecular weight excluding hydrogens is 292 g/mol. The van der Waals surface area contributed by atoms with E-state index in [1.54, 1.807) is 6.92 Å². The van der Waals surface area contributed by atoms with Crippen molar-refractivity contribution in [2.75, 3.05) is 0 Å². The molecule has 1 N–H and O–H groups in total. The summed E-state index contributed by atoms with van der Waals surface area (Å²) in [7, 11) is 0. The Labute approximate surface area is 126 Å². The molecule has 8 nitrogen and oxygen atoms in total. The maximum Gasteiger partial charge on any atom is 0.306 e. The Morgan fingerprint density at radius 3 is 2.45 bits per heavy atom. The fraction of sp³-hybridized carbons (Fsp3) is 0.500. The minimum atomic E-state index is -1.09. The molecule has 8 heteroatoms. The summed E-state index contributed by atoms with van der Waals surface area (Å²) in [5, 5.41) is 2.04. The molecule has 22 heavy (non-hydrogen) atoms. The minimum Gasteiger partial charge on any atom is -0.452 e. The molecule has 1 saturated heterocycles. The third kappa shape index (κ3) is 3.38. The molecule has 0 aromatic heterocycles. The van der Waals surface area contributed by atoms with Gasteiger partial charge in [0.25, 0.3) is 17.7 Å². The van der Waals surface area contributed by atoms with Gasteiger partial charge in [-0.15, -0.1) is 0 Å². The van der Waals surface area contributed by atoms with Crippen LogP contribution in [-0.4, -0.2) is 46.6 Å². The number of carbonyl (C=O) groups is 5. The highest BCUT2D eigenvalue weighted by Gasteiger charge is 2.34. The van der Waals surface area contributed by atoms with Crippen molar-refractivity contribution in [2.24, 2.45) is 0 Å². The second-order valence-electron chi connectivity index (χ2n) is 5.08. The summed E-state index contributed by atoms with van der Waals surface area (Å²) < 4.78 is 4.93. The van der Waals surface area contributed by atoms with Crippen molar-refractivity contribution >= 4 is 29.6 Å². The Hall–Kier alpha value is -2.51. The van der Waals surface area contributed by atoms with E-state index in [0.29, 0.717) is 6.42 Å². The fourth-order valence-electron chi connectivity index (χ4n) is 2.41. The number of nitrogens with one attached hydrogen (secondary N) is 1. The SMILES string of the molecule is CCC(CCC(=O)OC1CC(=O)NC1=O)N1C(=O)C=CC1=O. The van der Waals surface area contributed by atoms with Crippen molar-refractivity contribution in [1.82, 2.24) is 10.2 Å². The highest BCUT2D eigenvalue weighted by molar-refractivity contribution is 6.13. The topological polar surface area (TPSA) is 110 Å². The van der Waals surface area contributed by atoms with Gasteiger partial charge in [0.2, 0.25) is 5.91 Å². The lowest BCUT2D eigenvalue weighted by Crippen LogP contribution is -2.40. The van der Waals surface area contributed by atoms with Crippen LogP contribution in [0.1, 0.15) is 32.6 Å². The number of carbonyl (C=O) groups excluding carboxylic acids is 5. The van der Waals surface area contributed by atoms with Gasteiger partial charge < -0.3 is 4.74 Å². The average Bonchev–Trinajstić information content (AvgIpc) is 2.95. The number of hydrogen-bond acceptors (Lipinski definition) is 6. The first-order valence-electron chi connectivity index (χ1n) is 7.00. The van der Waals surface area contributed by atoms with Gasteiger partial charge in [0.1, 0.15) is 0 Å². The number of hydrogen-bond donors (Lipinski definition) is 1. The van der Waals surface area contributed by atoms with E-state index < -0.39 is 41.7 Å². The summed E-state index contributed by atoms with van der Waals surface area (Å²) in [6.45, 7) is 1.80. The second-order valence-corrected chi connectivity index (χ2v) is 5.08. The molecule has 0 aromatic carbocycles. The molecule has 2 rings (SSSR count). The van der Waals surface area contributed by atoms with Crippen LogP contribution in [0.15, 0.2) is 12.2 Å². The number of imide groups is 2. The first-order chi connectivity index (χ1) is 10.4. The van der Waals surface area contributed by atoms with Crippen molar-refractivity contribution in [2.45, 2.75) is 44.8 Å². The van der Waals surface area contributed by atoms with Gasteiger partial charge in [-0.05, 0) is 12.8 Å². The molecule has 0 radical (unpaired) electrons. The molecule has 1 fully saturated rings. The lowest BCUT2D eigenvalue weighted by atomic mass is 10.1. The van der Waals surface area contributed by atoms with Gasteiger partial charge in [-0.25, -0.2) is 0 Å². The van der Waals surface area contributed by atoms with Gasteiger partial charge in [0.05, 0.1) is 6.42 Å². The number of ether oxygens (including phenoxy) is 1. The van der Waals surface area contributed by atoms with Crippen molar-refractivity contribution < 1.29 is 28.7 Å². The number of nitrogens with zero attached hydrogens (tertiary/aromatic N) is 1. The quantitative estimate of drug-likeness (QED) is 0.520. The van der Waals surface area contributed by atoms with Crippen LogP contribution in [0.5, 0.6) is 0 Å². The standard InChI is InChI=1S/C14H16N2O6/c1-2-8(16-11(18)4-5-12(16)19)3-6-13(20)22-9-7-10(17)15-14(9)21/h4-5,8-9H,2-3,6-7H2,1H3,(H,15,17,21). The zero-order valence-corrected chi connectivity index (χ0v) is 12.0. The van der Waals surface area contributed by atoms with Crippen LogP contribution >= 0.6 is 0 Å². The molecule has 2 aliphatic heterocycles. The Morgan fingerprint density at radius 2 is 1.95 bits per heavy atom. The Bertz CT molecular complexity index is 550. The van der Waals surface area contributed by atoms with Gasteiger partial charge in [-0.2, -0.15) is 0 Å². The van der Waals surface area contributed by atoms with Crippen molar-refractivity contribution in [3.8, 4) is 0 Å². The molecule has 0 bridgehead atoms. The van der Waals surface area contributed by atoms with Crippen LogP contribution in [0.25, 0.3) is 0 Å².